The minimum Gasteiger partial charge on any atom is -0.488 e. The fourth-order valence-electron chi connectivity index (χ4n) is 1.46. The van der Waals surface area contributed by atoms with Gasteiger partial charge in [-0.1, -0.05) is 0 Å². The van der Waals surface area contributed by atoms with Crippen LogP contribution in [0.1, 0.15) is 5.56 Å². The number of rotatable bonds is 4. The maximum Gasteiger partial charge on any atom is 0.261 e. The Labute approximate surface area is 123 Å². The van der Waals surface area contributed by atoms with E-state index in [-0.39, 0.29) is 4.90 Å². The van der Waals surface area contributed by atoms with Gasteiger partial charge in [0.25, 0.3) is 9.05 Å². The van der Waals surface area contributed by atoms with E-state index in [1.165, 1.54) is 12.1 Å². The number of nitrogens with zero attached hydrogens (tertiary/aromatic N) is 2. The quantitative estimate of drug-likeness (QED) is 0.782. The monoisotopic (exact) mass is 364 g/mol. The fraction of sp³-hybridized carbons (Fsp3) is 0.182. The molecule has 0 aliphatic carbocycles. The van der Waals surface area contributed by atoms with Gasteiger partial charge in [-0.25, -0.2) is 8.42 Å². The Morgan fingerprint density at radius 1 is 1.47 bits per heavy atom. The molecule has 0 aliphatic heterocycles. The fourth-order valence-corrected chi connectivity index (χ4v) is 2.88. The first-order valence-corrected chi connectivity index (χ1v) is 8.31. The second-order valence-electron chi connectivity index (χ2n) is 3.84. The first-order valence-electron chi connectivity index (χ1n) is 5.21. The van der Waals surface area contributed by atoms with Crippen molar-refractivity contribution in [3.05, 3.63) is 40.6 Å². The van der Waals surface area contributed by atoms with Crippen LogP contribution in [0.2, 0.25) is 0 Å². The first-order chi connectivity index (χ1) is 8.86. The summed E-state index contributed by atoms with van der Waals surface area (Å²) in [6.45, 7) is 0.347. The molecule has 0 radical (unpaired) electrons. The largest absolute Gasteiger partial charge is 0.488 e. The third kappa shape index (κ3) is 3.71. The van der Waals surface area contributed by atoms with Crippen LogP contribution in [0.25, 0.3) is 0 Å². The van der Waals surface area contributed by atoms with Gasteiger partial charge in [0.1, 0.15) is 12.4 Å². The Balaban J connectivity index is 2.14. The molecule has 2 rings (SSSR count). The van der Waals surface area contributed by atoms with Gasteiger partial charge in [-0.05, 0) is 34.1 Å². The second kappa shape index (κ2) is 5.52. The highest BCUT2D eigenvalue weighted by Gasteiger charge is 2.12. The van der Waals surface area contributed by atoms with Gasteiger partial charge in [0, 0.05) is 29.5 Å². The molecule has 0 bridgehead atoms. The summed E-state index contributed by atoms with van der Waals surface area (Å²) in [4.78, 5) is 0.0229. The molecule has 0 spiro atoms. The third-order valence-corrected chi connectivity index (χ3v) is 4.31. The average molecular weight is 366 g/mol. The smallest absolute Gasteiger partial charge is 0.261 e. The van der Waals surface area contributed by atoms with Crippen molar-refractivity contribution in [1.29, 1.82) is 0 Å². The van der Waals surface area contributed by atoms with Crippen LogP contribution >= 0.6 is 26.6 Å². The lowest BCUT2D eigenvalue weighted by Gasteiger charge is -2.07. The number of hydrogen-bond acceptors (Lipinski definition) is 4. The summed E-state index contributed by atoms with van der Waals surface area (Å²) in [5, 5.41) is 4.03. The molecule has 0 aliphatic rings. The Morgan fingerprint density at radius 2 is 2.21 bits per heavy atom. The lowest BCUT2D eigenvalue weighted by Crippen LogP contribution is -1.97. The molecule has 5 nitrogen and oxygen atoms in total. The lowest BCUT2D eigenvalue weighted by molar-refractivity contribution is 0.304. The van der Waals surface area contributed by atoms with Gasteiger partial charge in [-0.3, -0.25) is 4.68 Å². The van der Waals surface area contributed by atoms with E-state index in [9.17, 15) is 8.42 Å². The molecule has 0 fully saturated rings. The molecular weight excluding hydrogens is 356 g/mol. The molecule has 1 heterocycles. The number of benzene rings is 1. The molecule has 2 aromatic rings. The van der Waals surface area contributed by atoms with E-state index in [0.29, 0.717) is 16.8 Å². The summed E-state index contributed by atoms with van der Waals surface area (Å²) >= 11 is 3.25. The minimum absolute atomic E-state index is 0.0229. The average Bonchev–Trinajstić information content (AvgIpc) is 2.72. The van der Waals surface area contributed by atoms with E-state index in [4.69, 9.17) is 15.4 Å². The summed E-state index contributed by atoms with van der Waals surface area (Å²) in [6, 6.07) is 4.35. The van der Waals surface area contributed by atoms with E-state index in [1.807, 2.05) is 13.2 Å². The van der Waals surface area contributed by atoms with Gasteiger partial charge >= 0.3 is 0 Å². The number of halogens is 2. The molecule has 1 aromatic heterocycles. The summed E-state index contributed by atoms with van der Waals surface area (Å²) in [5.41, 5.74) is 0.920. The zero-order valence-corrected chi connectivity index (χ0v) is 13.0. The highest BCUT2D eigenvalue weighted by molar-refractivity contribution is 9.10. The predicted octanol–water partition coefficient (Wildman–Crippen LogP) is 2.69. The van der Waals surface area contributed by atoms with Crippen molar-refractivity contribution in [2.24, 2.45) is 7.05 Å². The number of aromatic nitrogens is 2. The van der Waals surface area contributed by atoms with Crippen LogP contribution in [-0.4, -0.2) is 18.2 Å². The van der Waals surface area contributed by atoms with E-state index >= 15 is 0 Å². The first kappa shape index (κ1) is 14.4. The topological polar surface area (TPSA) is 61.2 Å². The van der Waals surface area contributed by atoms with Gasteiger partial charge in [-0.15, -0.1) is 0 Å². The number of ether oxygens (including phenoxy) is 1. The third-order valence-electron chi connectivity index (χ3n) is 2.34. The van der Waals surface area contributed by atoms with Crippen LogP contribution in [0, 0.1) is 0 Å². The molecule has 0 amide bonds. The Bertz CT molecular complexity index is 700. The lowest BCUT2D eigenvalue weighted by atomic mass is 10.3. The van der Waals surface area contributed by atoms with Crippen LogP contribution in [0.15, 0.2) is 40.0 Å². The predicted molar refractivity (Wildman–Crippen MR) is 74.7 cm³/mol. The SMILES string of the molecule is Cn1cc(COc2ccc(S(=O)(=O)Cl)cc2Br)cn1. The van der Waals surface area contributed by atoms with Crippen LogP contribution in [0.3, 0.4) is 0 Å². The molecular formula is C11H10BrClN2O3S. The molecule has 0 N–H and O–H groups in total. The van der Waals surface area contributed by atoms with Crippen molar-refractivity contribution < 1.29 is 13.2 Å². The highest BCUT2D eigenvalue weighted by Crippen LogP contribution is 2.29. The molecule has 102 valence electrons. The van der Waals surface area contributed by atoms with E-state index in [2.05, 4.69) is 21.0 Å². The molecule has 0 unspecified atom stereocenters. The summed E-state index contributed by atoms with van der Waals surface area (Å²) < 4.78 is 30.1. The second-order valence-corrected chi connectivity index (χ2v) is 7.26. The van der Waals surface area contributed by atoms with E-state index in [0.717, 1.165) is 5.56 Å². The maximum atomic E-state index is 11.2. The van der Waals surface area contributed by atoms with Crippen LogP contribution in [0.5, 0.6) is 5.75 Å². The number of hydrogen-bond donors (Lipinski definition) is 0. The zero-order chi connectivity index (χ0) is 14.0. The molecule has 8 heteroatoms. The zero-order valence-electron chi connectivity index (χ0n) is 9.88. The van der Waals surface area contributed by atoms with Gasteiger partial charge < -0.3 is 4.74 Å². The van der Waals surface area contributed by atoms with E-state index in [1.54, 1.807) is 16.9 Å². The molecule has 0 saturated carbocycles. The van der Waals surface area contributed by atoms with Crippen LogP contribution in [0.4, 0.5) is 0 Å². The normalized spacial score (nSPS) is 11.5. The van der Waals surface area contributed by atoms with Gasteiger partial charge in [0.05, 0.1) is 15.6 Å². The van der Waals surface area contributed by atoms with Crippen molar-refractivity contribution >= 4 is 35.7 Å². The standard InChI is InChI=1S/C11H10BrClN2O3S/c1-15-6-8(5-14-15)7-18-11-3-2-9(4-10(11)12)19(13,16)17/h2-6H,7H2,1H3. The van der Waals surface area contributed by atoms with Crippen molar-refractivity contribution in [2.45, 2.75) is 11.5 Å². The summed E-state index contributed by atoms with van der Waals surface area (Å²) in [7, 11) is 3.34. The summed E-state index contributed by atoms with van der Waals surface area (Å²) in [5.74, 6) is 0.535. The van der Waals surface area contributed by atoms with Crippen LogP contribution in [-0.2, 0) is 22.7 Å². The minimum atomic E-state index is -3.73. The Hall–Kier alpha value is -1.05. The molecule has 19 heavy (non-hydrogen) atoms. The van der Waals surface area contributed by atoms with Gasteiger partial charge in [0.2, 0.25) is 0 Å². The maximum absolute atomic E-state index is 11.2. The molecule has 0 saturated heterocycles. The Kier molecular flexibility index (Phi) is 4.17. The molecule has 1 aromatic carbocycles. The van der Waals surface area contributed by atoms with Gasteiger partial charge in [-0.2, -0.15) is 5.10 Å². The summed E-state index contributed by atoms with van der Waals surface area (Å²) in [6.07, 6.45) is 3.54. The van der Waals surface area contributed by atoms with Crippen molar-refractivity contribution in [3.8, 4) is 5.75 Å². The van der Waals surface area contributed by atoms with Crippen molar-refractivity contribution in [3.63, 3.8) is 0 Å². The number of aryl methyl sites for hydroxylation is 1. The highest BCUT2D eigenvalue weighted by atomic mass is 79.9. The van der Waals surface area contributed by atoms with Crippen LogP contribution < -0.4 is 4.74 Å². The van der Waals surface area contributed by atoms with Gasteiger partial charge in [0.15, 0.2) is 0 Å². The van der Waals surface area contributed by atoms with Crippen molar-refractivity contribution in [2.75, 3.05) is 0 Å². The van der Waals surface area contributed by atoms with Crippen molar-refractivity contribution in [1.82, 2.24) is 9.78 Å². The molecule has 0 atom stereocenters. The Morgan fingerprint density at radius 3 is 2.74 bits per heavy atom. The van der Waals surface area contributed by atoms with E-state index < -0.39 is 9.05 Å².